The Morgan fingerprint density at radius 1 is 1.33 bits per heavy atom. The first kappa shape index (κ1) is 9.86. The molecule has 1 N–H and O–H groups in total. The molecule has 2 aromatic rings. The monoisotopic (exact) mass is 203 g/mol. The zero-order valence-corrected chi connectivity index (χ0v) is 8.59. The Hall–Kier alpha value is -1.68. The van der Waals surface area contributed by atoms with Crippen LogP contribution in [0.2, 0.25) is 0 Å². The lowest BCUT2D eigenvalue weighted by Gasteiger charge is -2.02. The Morgan fingerprint density at radius 2 is 2.13 bits per heavy atom. The molecule has 1 aromatic carbocycles. The van der Waals surface area contributed by atoms with Crippen molar-refractivity contribution in [1.82, 2.24) is 14.8 Å². The van der Waals surface area contributed by atoms with Crippen molar-refractivity contribution < 1.29 is 5.11 Å². The first-order valence-corrected chi connectivity index (χ1v) is 4.93. The van der Waals surface area contributed by atoms with Gasteiger partial charge in [0.1, 0.15) is 6.33 Å². The van der Waals surface area contributed by atoms with Gasteiger partial charge in [0, 0.05) is 12.1 Å². The summed E-state index contributed by atoms with van der Waals surface area (Å²) in [6.45, 7) is 2.82. The average molecular weight is 203 g/mol. The van der Waals surface area contributed by atoms with E-state index in [0.29, 0.717) is 5.82 Å². The van der Waals surface area contributed by atoms with Crippen LogP contribution in [0.1, 0.15) is 12.5 Å². The Bertz CT molecular complexity index is 451. The maximum atomic E-state index is 9.18. The van der Waals surface area contributed by atoms with Crippen LogP contribution in [0.5, 0.6) is 0 Å². The van der Waals surface area contributed by atoms with Crippen molar-refractivity contribution in [2.24, 2.45) is 0 Å². The Kier molecular flexibility index (Phi) is 2.78. The second-order valence-corrected chi connectivity index (χ2v) is 3.24. The number of hydrogen-bond donors (Lipinski definition) is 1. The van der Waals surface area contributed by atoms with Crippen LogP contribution in [0.3, 0.4) is 0 Å². The predicted molar refractivity (Wildman–Crippen MR) is 57.1 cm³/mol. The molecule has 78 valence electrons. The van der Waals surface area contributed by atoms with E-state index in [1.54, 1.807) is 11.0 Å². The number of aryl methyl sites for hydroxylation is 1. The first-order chi connectivity index (χ1) is 7.35. The Balaban J connectivity index is 2.44. The molecule has 0 atom stereocenters. The summed E-state index contributed by atoms with van der Waals surface area (Å²) in [5, 5.41) is 13.5. The lowest BCUT2D eigenvalue weighted by atomic mass is 10.1. The molecule has 1 aromatic heterocycles. The molecular formula is C11H13N3O. The summed E-state index contributed by atoms with van der Waals surface area (Å²) in [5.74, 6) is 0.668. The van der Waals surface area contributed by atoms with Crippen molar-refractivity contribution in [2.75, 3.05) is 0 Å². The van der Waals surface area contributed by atoms with Gasteiger partial charge < -0.3 is 5.11 Å². The van der Waals surface area contributed by atoms with Gasteiger partial charge in [-0.3, -0.25) is 4.68 Å². The molecule has 1 heterocycles. The normalized spacial score (nSPS) is 10.5. The lowest BCUT2D eigenvalue weighted by molar-refractivity contribution is 0.282. The zero-order chi connectivity index (χ0) is 10.7. The minimum Gasteiger partial charge on any atom is -0.392 e. The molecule has 0 unspecified atom stereocenters. The van der Waals surface area contributed by atoms with E-state index in [1.165, 1.54) is 0 Å². The second-order valence-electron chi connectivity index (χ2n) is 3.24. The summed E-state index contributed by atoms with van der Waals surface area (Å²) in [6, 6.07) is 7.61. The van der Waals surface area contributed by atoms with Crippen molar-refractivity contribution in [3.63, 3.8) is 0 Å². The molecular weight excluding hydrogens is 190 g/mol. The van der Waals surface area contributed by atoms with Gasteiger partial charge in [-0.2, -0.15) is 5.10 Å². The third-order valence-electron chi connectivity index (χ3n) is 2.29. The van der Waals surface area contributed by atoms with Crippen LogP contribution in [0.25, 0.3) is 11.4 Å². The van der Waals surface area contributed by atoms with Crippen LogP contribution in [-0.2, 0) is 13.2 Å². The molecule has 0 fully saturated rings. The fraction of sp³-hybridized carbons (Fsp3) is 0.273. The topological polar surface area (TPSA) is 50.9 Å². The van der Waals surface area contributed by atoms with E-state index in [4.69, 9.17) is 0 Å². The van der Waals surface area contributed by atoms with E-state index < -0.39 is 0 Å². The third-order valence-corrected chi connectivity index (χ3v) is 2.29. The molecule has 0 saturated carbocycles. The summed E-state index contributed by atoms with van der Waals surface area (Å²) in [5.41, 5.74) is 1.75. The SMILES string of the molecule is CCn1cnc(-c2ccccc2CO)n1. The third kappa shape index (κ3) is 1.89. The van der Waals surface area contributed by atoms with Gasteiger partial charge in [0.05, 0.1) is 6.61 Å². The highest BCUT2D eigenvalue weighted by Gasteiger charge is 2.07. The van der Waals surface area contributed by atoms with Crippen LogP contribution in [0.15, 0.2) is 30.6 Å². The first-order valence-electron chi connectivity index (χ1n) is 4.93. The van der Waals surface area contributed by atoms with Crippen molar-refractivity contribution in [3.8, 4) is 11.4 Å². The van der Waals surface area contributed by atoms with Crippen LogP contribution in [0.4, 0.5) is 0 Å². The average Bonchev–Trinajstić information content (AvgIpc) is 2.77. The molecule has 4 nitrogen and oxygen atoms in total. The maximum Gasteiger partial charge on any atom is 0.181 e. The van der Waals surface area contributed by atoms with E-state index in [1.807, 2.05) is 31.2 Å². The molecule has 0 bridgehead atoms. The highest BCUT2D eigenvalue weighted by molar-refractivity contribution is 5.59. The smallest absolute Gasteiger partial charge is 0.181 e. The molecule has 2 rings (SSSR count). The maximum absolute atomic E-state index is 9.18. The number of aromatic nitrogens is 3. The zero-order valence-electron chi connectivity index (χ0n) is 8.59. The highest BCUT2D eigenvalue weighted by Crippen LogP contribution is 2.19. The Morgan fingerprint density at radius 3 is 2.80 bits per heavy atom. The molecule has 15 heavy (non-hydrogen) atoms. The van der Waals surface area contributed by atoms with Gasteiger partial charge in [-0.25, -0.2) is 4.98 Å². The quantitative estimate of drug-likeness (QED) is 0.821. The number of aliphatic hydroxyl groups excluding tert-OH is 1. The van der Waals surface area contributed by atoms with Gasteiger partial charge in [0.2, 0.25) is 0 Å². The van der Waals surface area contributed by atoms with Crippen LogP contribution >= 0.6 is 0 Å². The molecule has 0 amide bonds. The number of hydrogen-bond acceptors (Lipinski definition) is 3. The minimum atomic E-state index is 0.0108. The number of rotatable bonds is 3. The minimum absolute atomic E-state index is 0.0108. The molecule has 0 saturated heterocycles. The van der Waals surface area contributed by atoms with E-state index in [0.717, 1.165) is 17.7 Å². The summed E-state index contributed by atoms with van der Waals surface area (Å²) < 4.78 is 1.77. The molecule has 0 spiro atoms. The fourth-order valence-electron chi connectivity index (χ4n) is 1.45. The summed E-state index contributed by atoms with van der Waals surface area (Å²) in [4.78, 5) is 4.21. The van der Waals surface area contributed by atoms with Crippen molar-refractivity contribution in [2.45, 2.75) is 20.1 Å². The molecule has 4 heteroatoms. The van der Waals surface area contributed by atoms with Crippen LogP contribution < -0.4 is 0 Å². The standard InChI is InChI=1S/C11H13N3O/c1-2-14-8-12-11(13-14)10-6-4-3-5-9(10)7-15/h3-6,8,15H,2,7H2,1H3. The summed E-state index contributed by atoms with van der Waals surface area (Å²) >= 11 is 0. The number of benzene rings is 1. The van der Waals surface area contributed by atoms with Gasteiger partial charge in [-0.15, -0.1) is 0 Å². The van der Waals surface area contributed by atoms with Crippen molar-refractivity contribution in [3.05, 3.63) is 36.2 Å². The van der Waals surface area contributed by atoms with Gasteiger partial charge in [0.15, 0.2) is 5.82 Å². The lowest BCUT2D eigenvalue weighted by Crippen LogP contribution is -1.95. The summed E-state index contributed by atoms with van der Waals surface area (Å²) in [7, 11) is 0. The van der Waals surface area contributed by atoms with Crippen molar-refractivity contribution >= 4 is 0 Å². The van der Waals surface area contributed by atoms with E-state index in [-0.39, 0.29) is 6.61 Å². The molecule has 0 radical (unpaired) electrons. The van der Waals surface area contributed by atoms with Gasteiger partial charge in [-0.1, -0.05) is 24.3 Å². The van der Waals surface area contributed by atoms with Gasteiger partial charge >= 0.3 is 0 Å². The molecule has 0 aliphatic heterocycles. The highest BCUT2D eigenvalue weighted by atomic mass is 16.3. The van der Waals surface area contributed by atoms with E-state index >= 15 is 0 Å². The number of nitrogens with zero attached hydrogens (tertiary/aromatic N) is 3. The van der Waals surface area contributed by atoms with Crippen LogP contribution in [-0.4, -0.2) is 19.9 Å². The largest absolute Gasteiger partial charge is 0.392 e. The Labute approximate surface area is 88.2 Å². The molecule has 0 aliphatic carbocycles. The summed E-state index contributed by atoms with van der Waals surface area (Å²) in [6.07, 6.45) is 1.70. The second kappa shape index (κ2) is 4.23. The van der Waals surface area contributed by atoms with E-state index in [2.05, 4.69) is 10.1 Å². The fourth-order valence-corrected chi connectivity index (χ4v) is 1.45. The molecule has 0 aliphatic rings. The van der Waals surface area contributed by atoms with Gasteiger partial charge in [-0.05, 0) is 12.5 Å². The van der Waals surface area contributed by atoms with Crippen molar-refractivity contribution in [1.29, 1.82) is 0 Å². The number of aliphatic hydroxyl groups is 1. The van der Waals surface area contributed by atoms with Crippen LogP contribution in [0, 0.1) is 0 Å². The predicted octanol–water partition coefficient (Wildman–Crippen LogP) is 1.46. The van der Waals surface area contributed by atoms with E-state index in [9.17, 15) is 5.11 Å². The van der Waals surface area contributed by atoms with Gasteiger partial charge in [0.25, 0.3) is 0 Å².